The Morgan fingerprint density at radius 1 is 1.05 bits per heavy atom. The van der Waals surface area contributed by atoms with E-state index < -0.39 is 0 Å². The Bertz CT molecular complexity index is 499. The predicted octanol–water partition coefficient (Wildman–Crippen LogP) is 4.95. The first-order chi connectivity index (χ1) is 9.29. The molecular weight excluding hydrogens is 232 g/mol. The van der Waals surface area contributed by atoms with E-state index in [2.05, 4.69) is 37.8 Å². The van der Waals surface area contributed by atoms with E-state index in [1.807, 2.05) is 36.4 Å². The highest BCUT2D eigenvalue weighted by atomic mass is 16.5. The Balaban J connectivity index is 1.93. The first-order valence-electron chi connectivity index (χ1n) is 6.67. The molecule has 2 aromatic rings. The van der Waals surface area contributed by atoms with Crippen molar-refractivity contribution in [3.8, 4) is 5.75 Å². The van der Waals surface area contributed by atoms with Crippen molar-refractivity contribution in [2.75, 3.05) is 0 Å². The molecule has 19 heavy (non-hydrogen) atoms. The van der Waals surface area contributed by atoms with Gasteiger partial charge in [0.2, 0.25) is 0 Å². The summed E-state index contributed by atoms with van der Waals surface area (Å²) < 4.78 is 5.77. The van der Waals surface area contributed by atoms with Crippen LogP contribution in [0.2, 0.25) is 0 Å². The third kappa shape index (κ3) is 3.99. The summed E-state index contributed by atoms with van der Waals surface area (Å²) in [6, 6.07) is 18.6. The Morgan fingerprint density at radius 2 is 1.74 bits per heavy atom. The number of ether oxygens (including phenoxy) is 1. The van der Waals surface area contributed by atoms with Crippen molar-refractivity contribution < 1.29 is 4.74 Å². The van der Waals surface area contributed by atoms with Crippen LogP contribution in [0.4, 0.5) is 0 Å². The smallest absolute Gasteiger partial charge is 0.119 e. The van der Waals surface area contributed by atoms with E-state index >= 15 is 0 Å². The first kappa shape index (κ1) is 13.4. The summed E-state index contributed by atoms with van der Waals surface area (Å²) in [4.78, 5) is 0. The number of benzene rings is 2. The van der Waals surface area contributed by atoms with Gasteiger partial charge in [0.05, 0.1) is 0 Å². The lowest BCUT2D eigenvalue weighted by atomic mass is 9.98. The highest BCUT2D eigenvalue weighted by molar-refractivity contribution is 5.29. The van der Waals surface area contributed by atoms with Gasteiger partial charge in [-0.1, -0.05) is 55.5 Å². The fourth-order valence-electron chi connectivity index (χ4n) is 2.02. The van der Waals surface area contributed by atoms with Crippen LogP contribution in [0.1, 0.15) is 30.4 Å². The molecule has 0 heterocycles. The van der Waals surface area contributed by atoms with Crippen LogP contribution in [0.5, 0.6) is 5.75 Å². The molecule has 0 aliphatic heterocycles. The second-order valence-corrected chi connectivity index (χ2v) is 4.77. The molecule has 0 bridgehead atoms. The molecule has 0 radical (unpaired) electrons. The van der Waals surface area contributed by atoms with Gasteiger partial charge in [-0.2, -0.15) is 0 Å². The summed E-state index contributed by atoms with van der Waals surface area (Å²) >= 11 is 0. The second-order valence-electron chi connectivity index (χ2n) is 4.77. The van der Waals surface area contributed by atoms with Gasteiger partial charge in [0, 0.05) is 0 Å². The molecule has 0 N–H and O–H groups in total. The van der Waals surface area contributed by atoms with Gasteiger partial charge >= 0.3 is 0 Å². The van der Waals surface area contributed by atoms with Crippen LogP contribution in [0.3, 0.4) is 0 Å². The van der Waals surface area contributed by atoms with Crippen molar-refractivity contribution in [1.82, 2.24) is 0 Å². The minimum absolute atomic E-state index is 0.515. The molecule has 0 aliphatic rings. The number of rotatable bonds is 6. The lowest BCUT2D eigenvalue weighted by Crippen LogP contribution is -1.96. The van der Waals surface area contributed by atoms with Crippen LogP contribution in [0.25, 0.3) is 0 Å². The molecule has 0 fully saturated rings. The molecule has 0 saturated carbocycles. The monoisotopic (exact) mass is 252 g/mol. The summed E-state index contributed by atoms with van der Waals surface area (Å²) in [5, 5.41) is 0. The maximum Gasteiger partial charge on any atom is 0.119 e. The number of hydrogen-bond donors (Lipinski definition) is 0. The van der Waals surface area contributed by atoms with Crippen LogP contribution < -0.4 is 4.74 Å². The van der Waals surface area contributed by atoms with E-state index in [0.29, 0.717) is 12.5 Å². The predicted molar refractivity (Wildman–Crippen MR) is 80.4 cm³/mol. The quantitative estimate of drug-likeness (QED) is 0.661. The van der Waals surface area contributed by atoms with Crippen molar-refractivity contribution in [1.29, 1.82) is 0 Å². The highest BCUT2D eigenvalue weighted by Gasteiger charge is 2.03. The van der Waals surface area contributed by atoms with E-state index in [1.165, 1.54) is 11.1 Å². The van der Waals surface area contributed by atoms with Crippen molar-refractivity contribution >= 4 is 0 Å². The molecule has 1 unspecified atom stereocenters. The molecule has 1 atom stereocenters. The standard InChI is InChI=1S/C18H20O/c1-3-7-15(2)17-10-12-18(13-11-17)19-14-16-8-5-4-6-9-16/h3-6,8-13,15H,1,7,14H2,2H3. The average molecular weight is 252 g/mol. The summed E-state index contributed by atoms with van der Waals surface area (Å²) in [5.41, 5.74) is 2.51. The van der Waals surface area contributed by atoms with Gasteiger partial charge in [-0.05, 0) is 35.6 Å². The van der Waals surface area contributed by atoms with Gasteiger partial charge in [-0.3, -0.25) is 0 Å². The molecule has 0 aromatic heterocycles. The summed E-state index contributed by atoms with van der Waals surface area (Å²) in [6.07, 6.45) is 2.97. The topological polar surface area (TPSA) is 9.23 Å². The van der Waals surface area contributed by atoms with Crippen LogP contribution in [0.15, 0.2) is 67.3 Å². The Kier molecular flexibility index (Phi) is 4.79. The zero-order chi connectivity index (χ0) is 13.5. The SMILES string of the molecule is C=CCC(C)c1ccc(OCc2ccccc2)cc1. The third-order valence-electron chi connectivity index (χ3n) is 3.22. The van der Waals surface area contributed by atoms with Crippen molar-refractivity contribution in [3.63, 3.8) is 0 Å². The number of hydrogen-bond acceptors (Lipinski definition) is 1. The molecule has 0 amide bonds. The molecule has 0 aliphatic carbocycles. The van der Waals surface area contributed by atoms with Gasteiger partial charge in [0.1, 0.15) is 12.4 Å². The van der Waals surface area contributed by atoms with E-state index in [0.717, 1.165) is 12.2 Å². The molecule has 98 valence electrons. The second kappa shape index (κ2) is 6.79. The molecular formula is C18H20O. The molecule has 2 rings (SSSR count). The van der Waals surface area contributed by atoms with Gasteiger partial charge in [-0.25, -0.2) is 0 Å². The molecule has 0 spiro atoms. The minimum Gasteiger partial charge on any atom is -0.489 e. The van der Waals surface area contributed by atoms with E-state index in [1.54, 1.807) is 0 Å². The lowest BCUT2D eigenvalue weighted by molar-refractivity contribution is 0.306. The highest BCUT2D eigenvalue weighted by Crippen LogP contribution is 2.22. The van der Waals surface area contributed by atoms with Crippen molar-refractivity contribution in [3.05, 3.63) is 78.4 Å². The van der Waals surface area contributed by atoms with Gasteiger partial charge in [0.25, 0.3) is 0 Å². The molecule has 2 aromatic carbocycles. The summed E-state index contributed by atoms with van der Waals surface area (Å²) in [5.74, 6) is 1.43. The number of allylic oxidation sites excluding steroid dienone is 1. The van der Waals surface area contributed by atoms with Crippen molar-refractivity contribution in [2.45, 2.75) is 25.9 Å². The fraction of sp³-hybridized carbons (Fsp3) is 0.222. The summed E-state index contributed by atoms with van der Waals surface area (Å²) in [7, 11) is 0. The normalized spacial score (nSPS) is 11.8. The Hall–Kier alpha value is -2.02. The maximum absolute atomic E-state index is 5.77. The maximum atomic E-state index is 5.77. The largest absolute Gasteiger partial charge is 0.489 e. The zero-order valence-corrected chi connectivity index (χ0v) is 11.4. The van der Waals surface area contributed by atoms with E-state index in [9.17, 15) is 0 Å². The van der Waals surface area contributed by atoms with Gasteiger partial charge < -0.3 is 4.74 Å². The van der Waals surface area contributed by atoms with Crippen molar-refractivity contribution in [2.24, 2.45) is 0 Å². The molecule has 1 nitrogen and oxygen atoms in total. The van der Waals surface area contributed by atoms with E-state index in [-0.39, 0.29) is 0 Å². The molecule has 1 heteroatoms. The van der Waals surface area contributed by atoms with Gasteiger partial charge in [0.15, 0.2) is 0 Å². The Labute approximate surface area is 115 Å². The molecule has 0 saturated heterocycles. The Morgan fingerprint density at radius 3 is 2.37 bits per heavy atom. The minimum atomic E-state index is 0.515. The lowest BCUT2D eigenvalue weighted by Gasteiger charge is -2.11. The third-order valence-corrected chi connectivity index (χ3v) is 3.22. The van der Waals surface area contributed by atoms with E-state index in [4.69, 9.17) is 4.74 Å². The van der Waals surface area contributed by atoms with Gasteiger partial charge in [-0.15, -0.1) is 6.58 Å². The summed E-state index contributed by atoms with van der Waals surface area (Å²) in [6.45, 7) is 6.61. The average Bonchev–Trinajstić information content (AvgIpc) is 2.47. The zero-order valence-electron chi connectivity index (χ0n) is 11.4. The fourth-order valence-corrected chi connectivity index (χ4v) is 2.02. The van der Waals surface area contributed by atoms with Crippen LogP contribution in [-0.4, -0.2) is 0 Å². The van der Waals surface area contributed by atoms with Crippen LogP contribution in [-0.2, 0) is 6.61 Å². The first-order valence-corrected chi connectivity index (χ1v) is 6.67. The van der Waals surface area contributed by atoms with Crippen LogP contribution >= 0.6 is 0 Å². The van der Waals surface area contributed by atoms with Crippen LogP contribution in [0, 0.1) is 0 Å².